The van der Waals surface area contributed by atoms with E-state index in [1.807, 2.05) is 50.2 Å². The zero-order chi connectivity index (χ0) is 19.4. The highest BCUT2D eigenvalue weighted by atomic mass is 35.5. The van der Waals surface area contributed by atoms with Gasteiger partial charge in [0.1, 0.15) is 5.75 Å². The van der Waals surface area contributed by atoms with Crippen molar-refractivity contribution in [1.82, 2.24) is 4.90 Å². The van der Waals surface area contributed by atoms with Crippen LogP contribution < -0.4 is 4.74 Å². The quantitative estimate of drug-likeness (QED) is 0.578. The lowest BCUT2D eigenvalue weighted by molar-refractivity contribution is -0.123. The molecule has 2 aromatic carbocycles. The molecule has 2 amide bonds. The van der Waals surface area contributed by atoms with Gasteiger partial charge in [0.25, 0.3) is 11.1 Å². The van der Waals surface area contributed by atoms with Crippen molar-refractivity contribution >= 4 is 40.6 Å². The van der Waals surface area contributed by atoms with Crippen molar-refractivity contribution in [3.8, 4) is 5.75 Å². The van der Waals surface area contributed by atoms with E-state index < -0.39 is 0 Å². The van der Waals surface area contributed by atoms with Crippen LogP contribution in [0, 0.1) is 0 Å². The molecule has 1 fully saturated rings. The van der Waals surface area contributed by atoms with Gasteiger partial charge in [0.2, 0.25) is 0 Å². The number of imide groups is 1. The van der Waals surface area contributed by atoms with Crippen LogP contribution in [-0.4, -0.2) is 22.2 Å². The second-order valence-corrected chi connectivity index (χ2v) is 7.68. The molecule has 4 nitrogen and oxygen atoms in total. The number of hydrogen-bond donors (Lipinski definition) is 0. The number of carbonyl (C=O) groups is 2. The third-order valence-corrected chi connectivity index (χ3v) is 5.42. The molecule has 0 N–H and O–H groups in total. The van der Waals surface area contributed by atoms with Gasteiger partial charge in [-0.25, -0.2) is 0 Å². The first-order valence-corrected chi connectivity index (χ1v) is 9.93. The van der Waals surface area contributed by atoms with E-state index in [1.165, 1.54) is 4.90 Å². The number of ether oxygens (including phenoxy) is 1. The molecule has 1 aliphatic rings. The standard InChI is InChI=1S/C21H20ClNO3S/c1-3-14(2)26-18-10-9-16(11-17(18)22)12-19-20(24)23(21(25)27-19)13-15-7-5-4-6-8-15/h4-12,14H,3,13H2,1-2H3/b19-12-/t14-/m1/s1. The van der Waals surface area contributed by atoms with Crippen molar-refractivity contribution in [1.29, 1.82) is 0 Å². The predicted molar refractivity (Wildman–Crippen MR) is 110 cm³/mol. The molecule has 1 atom stereocenters. The lowest BCUT2D eigenvalue weighted by atomic mass is 10.2. The minimum Gasteiger partial charge on any atom is -0.489 e. The van der Waals surface area contributed by atoms with E-state index >= 15 is 0 Å². The topological polar surface area (TPSA) is 46.6 Å². The van der Waals surface area contributed by atoms with E-state index in [0.717, 1.165) is 29.3 Å². The Morgan fingerprint density at radius 1 is 1.19 bits per heavy atom. The van der Waals surface area contributed by atoms with E-state index in [9.17, 15) is 9.59 Å². The largest absolute Gasteiger partial charge is 0.489 e. The van der Waals surface area contributed by atoms with Crippen LogP contribution in [0.2, 0.25) is 5.02 Å². The lowest BCUT2D eigenvalue weighted by Crippen LogP contribution is -2.27. The van der Waals surface area contributed by atoms with Crippen LogP contribution in [-0.2, 0) is 11.3 Å². The number of hydrogen-bond acceptors (Lipinski definition) is 4. The highest BCUT2D eigenvalue weighted by molar-refractivity contribution is 8.18. The normalized spacial score (nSPS) is 16.9. The molecule has 0 saturated carbocycles. The molecule has 27 heavy (non-hydrogen) atoms. The summed E-state index contributed by atoms with van der Waals surface area (Å²) in [7, 11) is 0. The highest BCUT2D eigenvalue weighted by Gasteiger charge is 2.34. The third-order valence-electron chi connectivity index (χ3n) is 4.21. The first kappa shape index (κ1) is 19.5. The van der Waals surface area contributed by atoms with E-state index in [-0.39, 0.29) is 23.8 Å². The van der Waals surface area contributed by atoms with Crippen LogP contribution in [0.3, 0.4) is 0 Å². The van der Waals surface area contributed by atoms with Gasteiger partial charge in [-0.3, -0.25) is 14.5 Å². The van der Waals surface area contributed by atoms with Crippen molar-refractivity contribution in [2.75, 3.05) is 0 Å². The van der Waals surface area contributed by atoms with Crippen molar-refractivity contribution in [2.45, 2.75) is 32.9 Å². The molecule has 0 radical (unpaired) electrons. The molecule has 0 spiro atoms. The lowest BCUT2D eigenvalue weighted by Gasteiger charge is -2.14. The molecule has 2 aromatic rings. The van der Waals surface area contributed by atoms with Crippen LogP contribution in [0.5, 0.6) is 5.75 Å². The molecule has 0 unspecified atom stereocenters. The smallest absolute Gasteiger partial charge is 0.293 e. The van der Waals surface area contributed by atoms with Crippen LogP contribution in [0.4, 0.5) is 4.79 Å². The molecule has 0 bridgehead atoms. The Labute approximate surface area is 168 Å². The summed E-state index contributed by atoms with van der Waals surface area (Å²) >= 11 is 7.24. The first-order valence-electron chi connectivity index (χ1n) is 8.73. The summed E-state index contributed by atoms with van der Waals surface area (Å²) in [6.45, 7) is 4.29. The van der Waals surface area contributed by atoms with Crippen LogP contribution in [0.25, 0.3) is 6.08 Å². The maximum Gasteiger partial charge on any atom is 0.293 e. The number of nitrogens with zero attached hydrogens (tertiary/aromatic N) is 1. The van der Waals surface area contributed by atoms with Crippen LogP contribution in [0.15, 0.2) is 53.4 Å². The Morgan fingerprint density at radius 2 is 1.93 bits per heavy atom. The van der Waals surface area contributed by atoms with E-state index in [2.05, 4.69) is 0 Å². The summed E-state index contributed by atoms with van der Waals surface area (Å²) in [5, 5.41) is 0.213. The zero-order valence-electron chi connectivity index (χ0n) is 15.1. The second kappa shape index (κ2) is 8.63. The van der Waals surface area contributed by atoms with Gasteiger partial charge in [-0.15, -0.1) is 0 Å². The maximum atomic E-state index is 12.6. The van der Waals surface area contributed by atoms with Crippen LogP contribution >= 0.6 is 23.4 Å². The molecular formula is C21H20ClNO3S. The summed E-state index contributed by atoms with van der Waals surface area (Å²) in [6.07, 6.45) is 2.64. The maximum absolute atomic E-state index is 12.6. The van der Waals surface area contributed by atoms with Gasteiger partial charge in [0.05, 0.1) is 22.6 Å². The van der Waals surface area contributed by atoms with Gasteiger partial charge >= 0.3 is 0 Å². The van der Waals surface area contributed by atoms with Crippen LogP contribution in [0.1, 0.15) is 31.4 Å². The average Bonchev–Trinajstić information content (AvgIpc) is 2.92. The molecule has 140 valence electrons. The monoisotopic (exact) mass is 401 g/mol. The number of carbonyl (C=O) groups excluding carboxylic acids is 2. The summed E-state index contributed by atoms with van der Waals surface area (Å²) in [6, 6.07) is 14.8. The predicted octanol–water partition coefficient (Wildman–Crippen LogP) is 5.75. The number of halogens is 1. The summed E-state index contributed by atoms with van der Waals surface area (Å²) < 4.78 is 5.75. The number of rotatable bonds is 6. The third kappa shape index (κ3) is 4.73. The fraction of sp³-hybridized carbons (Fsp3) is 0.238. The molecule has 0 aromatic heterocycles. The van der Waals surface area contributed by atoms with Gasteiger partial charge in [-0.2, -0.15) is 0 Å². The van der Waals surface area contributed by atoms with E-state index in [4.69, 9.17) is 16.3 Å². The molecule has 1 heterocycles. The number of thioether (sulfide) groups is 1. The SMILES string of the molecule is CC[C@@H](C)Oc1ccc(/C=C2\SC(=O)N(Cc3ccccc3)C2=O)cc1Cl. The van der Waals surface area contributed by atoms with Gasteiger partial charge in [-0.05, 0) is 54.4 Å². The molecule has 1 aliphatic heterocycles. The average molecular weight is 402 g/mol. The second-order valence-electron chi connectivity index (χ2n) is 6.28. The van der Waals surface area contributed by atoms with E-state index in [0.29, 0.717) is 15.7 Å². The van der Waals surface area contributed by atoms with Gasteiger partial charge in [-0.1, -0.05) is 54.9 Å². The highest BCUT2D eigenvalue weighted by Crippen LogP contribution is 2.34. The Bertz CT molecular complexity index is 882. The summed E-state index contributed by atoms with van der Waals surface area (Å²) in [5.41, 5.74) is 1.66. The molecule has 3 rings (SSSR count). The zero-order valence-corrected chi connectivity index (χ0v) is 16.7. The summed E-state index contributed by atoms with van der Waals surface area (Å²) in [4.78, 5) is 26.5. The van der Waals surface area contributed by atoms with E-state index in [1.54, 1.807) is 18.2 Å². The number of amides is 2. The fourth-order valence-electron chi connectivity index (χ4n) is 2.56. The van der Waals surface area contributed by atoms with Crippen molar-refractivity contribution in [3.63, 3.8) is 0 Å². The fourth-order valence-corrected chi connectivity index (χ4v) is 3.63. The molecule has 1 saturated heterocycles. The number of benzene rings is 2. The van der Waals surface area contributed by atoms with Gasteiger partial charge in [0.15, 0.2) is 0 Å². The Morgan fingerprint density at radius 3 is 2.59 bits per heavy atom. The molecular weight excluding hydrogens is 382 g/mol. The van der Waals surface area contributed by atoms with Gasteiger partial charge < -0.3 is 4.74 Å². The minimum atomic E-state index is -0.287. The van der Waals surface area contributed by atoms with Crippen molar-refractivity contribution in [3.05, 3.63) is 69.6 Å². The summed E-state index contributed by atoms with van der Waals surface area (Å²) in [5.74, 6) is 0.324. The first-order chi connectivity index (χ1) is 13.0. The minimum absolute atomic E-state index is 0.0721. The van der Waals surface area contributed by atoms with Crippen molar-refractivity contribution < 1.29 is 14.3 Å². The Balaban J connectivity index is 1.76. The Kier molecular flexibility index (Phi) is 6.24. The Hall–Kier alpha value is -2.24. The van der Waals surface area contributed by atoms with Gasteiger partial charge in [0, 0.05) is 0 Å². The molecule has 0 aliphatic carbocycles. The van der Waals surface area contributed by atoms with Crippen molar-refractivity contribution in [2.24, 2.45) is 0 Å². The molecule has 6 heteroatoms.